The van der Waals surface area contributed by atoms with E-state index in [4.69, 9.17) is 14.2 Å². The van der Waals surface area contributed by atoms with Crippen molar-refractivity contribution in [1.82, 2.24) is 10.2 Å². The Morgan fingerprint density at radius 2 is 1.68 bits per heavy atom. The average molecular weight is 503 g/mol. The highest BCUT2D eigenvalue weighted by atomic mass is 127. The number of hydrogen-bond acceptors (Lipinski definition) is 4. The van der Waals surface area contributed by atoms with Crippen molar-refractivity contribution in [3.8, 4) is 17.2 Å². The van der Waals surface area contributed by atoms with Gasteiger partial charge in [0.05, 0.1) is 20.8 Å². The predicted molar refractivity (Wildman–Crippen MR) is 123 cm³/mol. The maximum atomic E-state index is 5.68. The highest BCUT2D eigenvalue weighted by Gasteiger charge is 2.35. The van der Waals surface area contributed by atoms with E-state index in [1.54, 1.807) is 14.2 Å². The number of ether oxygens (including phenoxy) is 3. The van der Waals surface area contributed by atoms with E-state index in [0.29, 0.717) is 30.4 Å². The van der Waals surface area contributed by atoms with Gasteiger partial charge in [0.2, 0.25) is 5.75 Å². The lowest BCUT2D eigenvalue weighted by atomic mass is 9.82. The summed E-state index contributed by atoms with van der Waals surface area (Å²) in [6, 6.07) is 4.00. The Morgan fingerprint density at radius 3 is 2.14 bits per heavy atom. The van der Waals surface area contributed by atoms with E-state index in [9.17, 15) is 0 Å². The summed E-state index contributed by atoms with van der Waals surface area (Å²) in [7, 11) is 5.17. The summed E-state index contributed by atoms with van der Waals surface area (Å²) in [4.78, 5) is 6.94. The number of rotatable bonds is 6. The van der Waals surface area contributed by atoms with Crippen LogP contribution < -0.4 is 19.5 Å². The van der Waals surface area contributed by atoms with E-state index in [1.807, 2.05) is 26.1 Å². The second kappa shape index (κ2) is 11.0. The number of nitrogens with zero attached hydrogens (tertiary/aromatic N) is 2. The Morgan fingerprint density at radius 1 is 1.11 bits per heavy atom. The van der Waals surface area contributed by atoms with Gasteiger partial charge in [-0.1, -0.05) is 12.8 Å². The summed E-state index contributed by atoms with van der Waals surface area (Å²) in [5.41, 5.74) is 1.07. The molecule has 0 radical (unpaired) electrons. The van der Waals surface area contributed by atoms with Crippen molar-refractivity contribution in [3.05, 3.63) is 17.7 Å². The van der Waals surface area contributed by atoms with Crippen LogP contribution in [0.2, 0.25) is 0 Å². The molecule has 6 nitrogen and oxygen atoms in total. The largest absolute Gasteiger partial charge is 0.493 e. The normalized spacial score (nSPS) is 21.6. The molecule has 0 bridgehead atoms. The third-order valence-electron chi connectivity index (χ3n) is 5.75. The van der Waals surface area contributed by atoms with Gasteiger partial charge in [-0.25, -0.2) is 0 Å². The van der Waals surface area contributed by atoms with Crippen LogP contribution in [0, 0.1) is 11.8 Å². The van der Waals surface area contributed by atoms with E-state index < -0.39 is 0 Å². The first-order valence-corrected chi connectivity index (χ1v) is 10.0. The lowest BCUT2D eigenvalue weighted by Crippen LogP contribution is -2.39. The molecule has 7 heteroatoms. The predicted octanol–water partition coefficient (Wildman–Crippen LogP) is 3.92. The third kappa shape index (κ3) is 5.15. The van der Waals surface area contributed by atoms with Crippen LogP contribution in [0.25, 0.3) is 0 Å². The number of methoxy groups -OCH3 is 2. The van der Waals surface area contributed by atoms with Crippen molar-refractivity contribution in [1.29, 1.82) is 0 Å². The number of aliphatic imine (C=N–C) groups is 1. The maximum absolute atomic E-state index is 5.68. The van der Waals surface area contributed by atoms with Crippen LogP contribution in [0.15, 0.2) is 17.1 Å². The number of halogens is 1. The van der Waals surface area contributed by atoms with Crippen LogP contribution in [-0.2, 0) is 6.54 Å². The number of hydrogen-bond donors (Lipinski definition) is 1. The minimum atomic E-state index is 0. The lowest BCUT2D eigenvalue weighted by molar-refractivity contribution is 0.288. The molecular formula is C21H34IN3O3. The Hall–Kier alpha value is -1.38. The van der Waals surface area contributed by atoms with E-state index >= 15 is 0 Å². The van der Waals surface area contributed by atoms with Crippen LogP contribution >= 0.6 is 24.0 Å². The third-order valence-corrected chi connectivity index (χ3v) is 5.75. The van der Waals surface area contributed by atoms with Crippen molar-refractivity contribution in [2.75, 3.05) is 41.0 Å². The van der Waals surface area contributed by atoms with Crippen LogP contribution in [-0.4, -0.2) is 51.8 Å². The van der Waals surface area contributed by atoms with Gasteiger partial charge in [-0.05, 0) is 49.3 Å². The lowest BCUT2D eigenvalue weighted by Gasteiger charge is -2.22. The summed E-state index contributed by atoms with van der Waals surface area (Å²) < 4.78 is 16.7. The van der Waals surface area contributed by atoms with Gasteiger partial charge in [0, 0.05) is 26.7 Å². The van der Waals surface area contributed by atoms with E-state index in [2.05, 4.69) is 15.2 Å². The molecule has 0 spiro atoms. The van der Waals surface area contributed by atoms with Crippen molar-refractivity contribution in [3.63, 3.8) is 0 Å². The molecule has 2 unspecified atom stereocenters. The fourth-order valence-electron chi connectivity index (χ4n) is 4.42. The van der Waals surface area contributed by atoms with Gasteiger partial charge in [0.15, 0.2) is 17.5 Å². The molecule has 1 saturated carbocycles. The average Bonchev–Trinajstić information content (AvgIpc) is 3.13. The minimum absolute atomic E-state index is 0. The summed E-state index contributed by atoms with van der Waals surface area (Å²) in [5.74, 6) is 4.69. The molecule has 2 fully saturated rings. The molecule has 28 heavy (non-hydrogen) atoms. The molecule has 1 aromatic carbocycles. The molecule has 1 heterocycles. The molecule has 3 rings (SSSR count). The van der Waals surface area contributed by atoms with E-state index in [-0.39, 0.29) is 24.0 Å². The first-order chi connectivity index (χ1) is 13.2. The van der Waals surface area contributed by atoms with Gasteiger partial charge in [0.1, 0.15) is 0 Å². The molecule has 1 aromatic rings. The fourth-order valence-corrected chi connectivity index (χ4v) is 4.42. The van der Waals surface area contributed by atoms with Crippen molar-refractivity contribution in [2.45, 2.75) is 39.2 Å². The number of benzene rings is 1. The number of nitrogens with one attached hydrogen (secondary N) is 1. The molecule has 1 N–H and O–H groups in total. The zero-order valence-corrected chi connectivity index (χ0v) is 19.8. The van der Waals surface area contributed by atoms with Gasteiger partial charge in [-0.3, -0.25) is 4.99 Å². The monoisotopic (exact) mass is 503 g/mol. The first-order valence-electron chi connectivity index (χ1n) is 10.0. The summed E-state index contributed by atoms with van der Waals surface area (Å²) >= 11 is 0. The van der Waals surface area contributed by atoms with E-state index in [0.717, 1.165) is 36.4 Å². The van der Waals surface area contributed by atoms with Crippen LogP contribution in [0.1, 0.15) is 38.2 Å². The quantitative estimate of drug-likeness (QED) is 0.363. The highest BCUT2D eigenvalue weighted by Crippen LogP contribution is 2.39. The standard InChI is InChI=1S/C21H33N3O3.HI/c1-5-27-20-18(25-3)10-15(11-19(20)26-4)12-23-21(22-2)24-13-16-8-6-7-9-17(16)14-24;/h10-11,16-17H,5-9,12-14H2,1-4H3,(H,22,23);1H. The van der Waals surface area contributed by atoms with Crippen LogP contribution in [0.5, 0.6) is 17.2 Å². The second-order valence-corrected chi connectivity index (χ2v) is 7.37. The zero-order chi connectivity index (χ0) is 19.2. The number of guanidine groups is 1. The highest BCUT2D eigenvalue weighted by molar-refractivity contribution is 14.0. The Kier molecular flexibility index (Phi) is 8.98. The molecule has 1 aliphatic carbocycles. The molecule has 0 aromatic heterocycles. The molecule has 158 valence electrons. The van der Waals surface area contributed by atoms with Crippen molar-refractivity contribution < 1.29 is 14.2 Å². The summed E-state index contributed by atoms with van der Waals surface area (Å²) in [6.07, 6.45) is 5.50. The first kappa shape index (κ1) is 22.9. The van der Waals surface area contributed by atoms with E-state index in [1.165, 1.54) is 25.7 Å². The van der Waals surface area contributed by atoms with Crippen LogP contribution in [0.3, 0.4) is 0 Å². The number of fused-ring (bicyclic) bond motifs is 1. The Bertz CT molecular complexity index is 629. The van der Waals surface area contributed by atoms with Gasteiger partial charge >= 0.3 is 0 Å². The van der Waals surface area contributed by atoms with Gasteiger partial charge in [0.25, 0.3) is 0 Å². The van der Waals surface area contributed by atoms with Crippen molar-refractivity contribution in [2.24, 2.45) is 16.8 Å². The van der Waals surface area contributed by atoms with Gasteiger partial charge in [-0.15, -0.1) is 24.0 Å². The summed E-state index contributed by atoms with van der Waals surface area (Å²) in [5, 5.41) is 3.52. The number of likely N-dealkylation sites (tertiary alicyclic amines) is 1. The topological polar surface area (TPSA) is 55.3 Å². The van der Waals surface area contributed by atoms with Gasteiger partial charge in [-0.2, -0.15) is 0 Å². The SMILES string of the molecule is CCOc1c(OC)cc(CNC(=NC)N2CC3CCCCC3C2)cc1OC.I. The Balaban J connectivity index is 0.00000280. The fraction of sp³-hybridized carbons (Fsp3) is 0.667. The molecule has 2 atom stereocenters. The molecule has 0 amide bonds. The smallest absolute Gasteiger partial charge is 0.203 e. The van der Waals surface area contributed by atoms with Gasteiger partial charge < -0.3 is 24.4 Å². The minimum Gasteiger partial charge on any atom is -0.493 e. The zero-order valence-electron chi connectivity index (χ0n) is 17.5. The Labute approximate surface area is 186 Å². The van der Waals surface area contributed by atoms with Crippen molar-refractivity contribution >= 4 is 29.9 Å². The second-order valence-electron chi connectivity index (χ2n) is 7.37. The molecule has 1 aliphatic heterocycles. The molecule has 2 aliphatic rings. The van der Waals surface area contributed by atoms with Crippen LogP contribution in [0.4, 0.5) is 0 Å². The molecular weight excluding hydrogens is 469 g/mol. The molecule has 1 saturated heterocycles. The summed E-state index contributed by atoms with van der Waals surface area (Å²) in [6.45, 7) is 5.43. The maximum Gasteiger partial charge on any atom is 0.203 e.